The van der Waals surface area contributed by atoms with Crippen LogP contribution in [-0.2, 0) is 16.1 Å². The number of hydrogen-bond donors (Lipinski definition) is 0. The lowest BCUT2D eigenvalue weighted by Crippen LogP contribution is -2.37. The van der Waals surface area contributed by atoms with Crippen molar-refractivity contribution in [3.63, 3.8) is 0 Å². The van der Waals surface area contributed by atoms with Crippen molar-refractivity contribution < 1.29 is 19.0 Å². The lowest BCUT2D eigenvalue weighted by Gasteiger charge is -2.23. The van der Waals surface area contributed by atoms with E-state index in [0.29, 0.717) is 60.9 Å². The molecule has 5 rings (SSSR count). The van der Waals surface area contributed by atoms with Gasteiger partial charge in [0.05, 0.1) is 29.0 Å². The first-order chi connectivity index (χ1) is 19.1. The Morgan fingerprint density at radius 1 is 0.923 bits per heavy atom. The highest BCUT2D eigenvalue weighted by Crippen LogP contribution is 2.30. The van der Waals surface area contributed by atoms with Crippen molar-refractivity contribution in [2.75, 3.05) is 40.5 Å². The van der Waals surface area contributed by atoms with Crippen LogP contribution >= 0.6 is 11.3 Å². The van der Waals surface area contributed by atoms with Crippen LogP contribution < -0.4 is 10.3 Å². The lowest BCUT2D eigenvalue weighted by atomic mass is 10.0. The van der Waals surface area contributed by atoms with E-state index in [2.05, 4.69) is 0 Å². The summed E-state index contributed by atoms with van der Waals surface area (Å²) >= 11 is 1.52. The predicted molar refractivity (Wildman–Crippen MR) is 155 cm³/mol. The van der Waals surface area contributed by atoms with Crippen LogP contribution in [0.1, 0.15) is 15.9 Å². The first-order valence-electron chi connectivity index (χ1n) is 12.7. The minimum Gasteiger partial charge on any atom is -0.489 e. The average Bonchev–Trinajstić information content (AvgIpc) is 3.46. The first kappa shape index (κ1) is 26.6. The number of methoxy groups -OCH3 is 2. The van der Waals surface area contributed by atoms with E-state index >= 15 is 0 Å². The van der Waals surface area contributed by atoms with E-state index in [0.717, 1.165) is 15.6 Å². The summed E-state index contributed by atoms with van der Waals surface area (Å²) in [4.78, 5) is 29.5. The second-order valence-corrected chi connectivity index (χ2v) is 10.0. The zero-order valence-electron chi connectivity index (χ0n) is 22.0. The van der Waals surface area contributed by atoms with Crippen LogP contribution in [0.15, 0.2) is 89.2 Å². The van der Waals surface area contributed by atoms with Gasteiger partial charge >= 0.3 is 0 Å². The molecule has 0 N–H and O–H groups in total. The minimum absolute atomic E-state index is 0.174. The third kappa shape index (κ3) is 5.73. The van der Waals surface area contributed by atoms with Crippen LogP contribution in [0.4, 0.5) is 0 Å². The Labute approximate surface area is 230 Å². The van der Waals surface area contributed by atoms with E-state index in [1.807, 2.05) is 72.1 Å². The second kappa shape index (κ2) is 12.3. The largest absolute Gasteiger partial charge is 0.489 e. The van der Waals surface area contributed by atoms with Gasteiger partial charge in [-0.3, -0.25) is 14.0 Å². The Balaban J connectivity index is 1.56. The summed E-state index contributed by atoms with van der Waals surface area (Å²) in [6.07, 6.45) is 1.75. The zero-order valence-corrected chi connectivity index (χ0v) is 22.8. The van der Waals surface area contributed by atoms with Gasteiger partial charge < -0.3 is 19.1 Å². The molecule has 0 bridgehead atoms. The average molecular weight is 543 g/mol. The fourth-order valence-corrected chi connectivity index (χ4v) is 5.48. The molecule has 2 aromatic carbocycles. The van der Waals surface area contributed by atoms with Gasteiger partial charge in [-0.05, 0) is 52.2 Å². The summed E-state index contributed by atoms with van der Waals surface area (Å²) < 4.78 is 18.9. The zero-order chi connectivity index (χ0) is 27.2. The van der Waals surface area contributed by atoms with Crippen LogP contribution in [0.25, 0.3) is 26.7 Å². The molecular weight excluding hydrogens is 512 g/mol. The van der Waals surface area contributed by atoms with Crippen molar-refractivity contribution in [2.45, 2.75) is 6.61 Å². The van der Waals surface area contributed by atoms with Gasteiger partial charge in [-0.1, -0.05) is 42.5 Å². The number of pyridine rings is 2. The quantitative estimate of drug-likeness (QED) is 0.221. The molecule has 39 heavy (non-hydrogen) atoms. The SMILES string of the molecule is COCCN(CCOC)C(=O)c1cc(-c2ccc(OCc3ccccc3)cc2)c(=O)n2ccc3ccsc3c12. The lowest BCUT2D eigenvalue weighted by molar-refractivity contribution is 0.0629. The van der Waals surface area contributed by atoms with Crippen LogP contribution in [0.5, 0.6) is 5.75 Å². The number of thiophene rings is 1. The number of carbonyl (C=O) groups is 1. The number of aromatic nitrogens is 1. The number of fused-ring (bicyclic) bond motifs is 3. The molecule has 1 amide bonds. The van der Waals surface area contributed by atoms with Crippen molar-refractivity contribution in [1.82, 2.24) is 9.30 Å². The third-order valence-electron chi connectivity index (χ3n) is 6.61. The van der Waals surface area contributed by atoms with E-state index in [1.54, 1.807) is 35.8 Å². The van der Waals surface area contributed by atoms with Crippen molar-refractivity contribution in [1.29, 1.82) is 0 Å². The number of nitrogens with zero attached hydrogens (tertiary/aromatic N) is 2. The summed E-state index contributed by atoms with van der Waals surface area (Å²) in [7, 11) is 3.22. The molecule has 0 fully saturated rings. The highest BCUT2D eigenvalue weighted by Gasteiger charge is 2.23. The number of rotatable bonds is 11. The summed E-state index contributed by atoms with van der Waals surface area (Å²) in [5, 5.41) is 2.96. The molecule has 0 aliphatic rings. The summed E-state index contributed by atoms with van der Waals surface area (Å²) in [5.41, 5.74) is 3.12. The first-order valence-corrected chi connectivity index (χ1v) is 13.6. The van der Waals surface area contributed by atoms with Crippen molar-refractivity contribution in [3.8, 4) is 16.9 Å². The van der Waals surface area contributed by atoms with Crippen molar-refractivity contribution >= 4 is 32.8 Å². The molecule has 200 valence electrons. The van der Waals surface area contributed by atoms with Crippen LogP contribution in [0, 0.1) is 0 Å². The molecule has 5 aromatic rings. The number of ether oxygens (including phenoxy) is 3. The number of benzene rings is 2. The third-order valence-corrected chi connectivity index (χ3v) is 7.55. The molecule has 0 saturated carbocycles. The molecule has 0 aliphatic heterocycles. The van der Waals surface area contributed by atoms with E-state index in [9.17, 15) is 9.59 Å². The second-order valence-electron chi connectivity index (χ2n) is 9.09. The van der Waals surface area contributed by atoms with Gasteiger partial charge in [0.25, 0.3) is 11.5 Å². The highest BCUT2D eigenvalue weighted by atomic mass is 32.1. The van der Waals surface area contributed by atoms with Gasteiger partial charge in [0, 0.05) is 39.1 Å². The Morgan fingerprint density at radius 3 is 2.33 bits per heavy atom. The molecule has 0 aliphatic carbocycles. The van der Waals surface area contributed by atoms with Gasteiger partial charge in [0.1, 0.15) is 12.4 Å². The molecule has 0 spiro atoms. The number of carbonyl (C=O) groups excluding carboxylic acids is 1. The summed E-state index contributed by atoms with van der Waals surface area (Å²) in [6.45, 7) is 2.06. The highest BCUT2D eigenvalue weighted by molar-refractivity contribution is 7.18. The topological polar surface area (TPSA) is 69.5 Å². The Hall–Kier alpha value is -3.98. The summed E-state index contributed by atoms with van der Waals surface area (Å²) in [6, 6.07) is 23.0. The Morgan fingerprint density at radius 2 is 1.64 bits per heavy atom. The maximum absolute atomic E-state index is 14.0. The molecule has 0 radical (unpaired) electrons. The molecule has 8 heteroatoms. The molecular formula is C31H30N2O5S. The normalized spacial score (nSPS) is 11.2. The van der Waals surface area contributed by atoms with E-state index in [4.69, 9.17) is 14.2 Å². The Kier molecular flexibility index (Phi) is 8.36. The number of amides is 1. The van der Waals surface area contributed by atoms with Gasteiger partial charge in [-0.15, -0.1) is 11.3 Å². The van der Waals surface area contributed by atoms with Crippen molar-refractivity contribution in [3.05, 3.63) is 106 Å². The standard InChI is InChI=1S/C31H30N2O5S/c1-36-17-15-32(16-18-37-2)30(34)27-20-26(31(35)33-14-12-24-13-19-39-29(24)28(27)33)23-8-10-25(11-9-23)38-21-22-6-4-3-5-7-22/h3-14,19-20H,15-18,21H2,1-2H3. The number of hydrogen-bond acceptors (Lipinski definition) is 6. The minimum atomic E-state index is -0.185. The smallest absolute Gasteiger partial charge is 0.263 e. The van der Waals surface area contributed by atoms with E-state index in [1.165, 1.54) is 11.3 Å². The fraction of sp³-hybridized carbons (Fsp3) is 0.226. The molecule has 0 atom stereocenters. The molecule has 7 nitrogen and oxygen atoms in total. The van der Waals surface area contributed by atoms with Crippen LogP contribution in [-0.4, -0.2) is 55.7 Å². The van der Waals surface area contributed by atoms with Crippen LogP contribution in [0.2, 0.25) is 0 Å². The van der Waals surface area contributed by atoms with Gasteiger partial charge in [-0.25, -0.2) is 0 Å². The van der Waals surface area contributed by atoms with Crippen molar-refractivity contribution in [2.24, 2.45) is 0 Å². The monoisotopic (exact) mass is 542 g/mol. The maximum atomic E-state index is 14.0. The van der Waals surface area contributed by atoms with Crippen LogP contribution in [0.3, 0.4) is 0 Å². The molecule has 0 unspecified atom stereocenters. The van der Waals surface area contributed by atoms with E-state index in [-0.39, 0.29) is 11.5 Å². The Bertz CT molecular complexity index is 1620. The van der Waals surface area contributed by atoms with Gasteiger partial charge in [0.2, 0.25) is 0 Å². The molecule has 0 saturated heterocycles. The fourth-order valence-electron chi connectivity index (χ4n) is 4.54. The molecule has 3 aromatic heterocycles. The predicted octanol–water partition coefficient (Wildman–Crippen LogP) is 5.50. The van der Waals surface area contributed by atoms with Gasteiger partial charge in [0.15, 0.2) is 0 Å². The molecule has 3 heterocycles. The summed E-state index contributed by atoms with van der Waals surface area (Å²) in [5.74, 6) is 0.525. The maximum Gasteiger partial charge on any atom is 0.263 e. The van der Waals surface area contributed by atoms with E-state index < -0.39 is 0 Å². The van der Waals surface area contributed by atoms with Gasteiger partial charge in [-0.2, -0.15) is 0 Å².